The second-order valence-electron chi connectivity index (χ2n) is 8.18. The highest BCUT2D eigenvalue weighted by atomic mass is 19.1. The van der Waals surface area contributed by atoms with Crippen molar-refractivity contribution in [1.82, 2.24) is 29.9 Å². The fourth-order valence-corrected chi connectivity index (χ4v) is 4.67. The number of hydrogen-bond donors (Lipinski definition) is 0. The third kappa shape index (κ3) is 3.24. The van der Waals surface area contributed by atoms with Crippen LogP contribution in [0.5, 0.6) is 0 Å². The standard InChI is InChI=1S/C21H21FN6O2/c1-27-7-6-21(11-27)12-28(20(29)15-8-23-13-24-9-15)10-17(21)19-25-18(26-30-19)14-2-4-16(22)5-3-14/h2-5,8-9,13,17H,6-7,10-12H2,1H3/t17-,21-/m0/s1. The molecule has 2 saturated heterocycles. The van der Waals surface area contributed by atoms with Gasteiger partial charge in [0.25, 0.3) is 5.91 Å². The van der Waals surface area contributed by atoms with Gasteiger partial charge >= 0.3 is 0 Å². The van der Waals surface area contributed by atoms with E-state index in [4.69, 9.17) is 4.52 Å². The van der Waals surface area contributed by atoms with Crippen LogP contribution in [-0.4, -0.2) is 69.0 Å². The van der Waals surface area contributed by atoms with E-state index in [1.807, 2.05) is 4.90 Å². The molecule has 0 unspecified atom stereocenters. The number of rotatable bonds is 3. The largest absolute Gasteiger partial charge is 0.339 e. The fourth-order valence-electron chi connectivity index (χ4n) is 4.67. The Bertz CT molecular complexity index is 1060. The molecule has 3 aromatic rings. The Hall–Kier alpha value is -3.20. The van der Waals surface area contributed by atoms with Crippen LogP contribution in [0.4, 0.5) is 4.39 Å². The van der Waals surface area contributed by atoms with Crippen LogP contribution in [0.1, 0.15) is 28.6 Å². The molecule has 1 spiro atoms. The zero-order valence-electron chi connectivity index (χ0n) is 16.5. The molecule has 0 saturated carbocycles. The molecule has 30 heavy (non-hydrogen) atoms. The first kappa shape index (κ1) is 18.8. The van der Waals surface area contributed by atoms with Crippen LogP contribution in [0.3, 0.4) is 0 Å². The molecule has 0 radical (unpaired) electrons. The van der Waals surface area contributed by atoms with Gasteiger partial charge in [0.1, 0.15) is 12.1 Å². The average Bonchev–Trinajstić information content (AvgIpc) is 3.48. The van der Waals surface area contributed by atoms with E-state index in [0.717, 1.165) is 19.5 Å². The highest BCUT2D eigenvalue weighted by molar-refractivity contribution is 5.94. The summed E-state index contributed by atoms with van der Waals surface area (Å²) in [5.74, 6) is 0.463. The van der Waals surface area contributed by atoms with Crippen LogP contribution < -0.4 is 0 Å². The van der Waals surface area contributed by atoms with Crippen molar-refractivity contribution in [1.29, 1.82) is 0 Å². The minimum atomic E-state index is -0.315. The predicted octanol–water partition coefficient (Wildman–Crippen LogP) is 2.23. The molecule has 154 valence electrons. The Morgan fingerprint density at radius 1 is 1.20 bits per heavy atom. The maximum absolute atomic E-state index is 13.2. The smallest absolute Gasteiger partial charge is 0.257 e. The number of halogens is 1. The summed E-state index contributed by atoms with van der Waals surface area (Å²) in [7, 11) is 2.08. The van der Waals surface area contributed by atoms with Crippen LogP contribution in [0, 0.1) is 11.2 Å². The zero-order chi connectivity index (χ0) is 20.7. The van der Waals surface area contributed by atoms with Gasteiger partial charge in [-0.25, -0.2) is 14.4 Å². The SMILES string of the molecule is CN1CC[C@]2(C1)CN(C(=O)c1cncnc1)C[C@H]2c1nc(-c2ccc(F)cc2)no1. The molecule has 2 aliphatic heterocycles. The Balaban J connectivity index is 1.45. The van der Waals surface area contributed by atoms with E-state index in [1.54, 1.807) is 12.1 Å². The Morgan fingerprint density at radius 3 is 2.67 bits per heavy atom. The highest BCUT2D eigenvalue weighted by Crippen LogP contribution is 2.48. The molecule has 8 nitrogen and oxygen atoms in total. The number of carbonyl (C=O) groups excluding carboxylic acids is 1. The van der Waals surface area contributed by atoms with E-state index in [-0.39, 0.29) is 23.1 Å². The Morgan fingerprint density at radius 2 is 1.97 bits per heavy atom. The van der Waals surface area contributed by atoms with Crippen LogP contribution in [0.25, 0.3) is 11.4 Å². The minimum Gasteiger partial charge on any atom is -0.339 e. The van der Waals surface area contributed by atoms with Gasteiger partial charge in [0.05, 0.1) is 11.5 Å². The van der Waals surface area contributed by atoms with Gasteiger partial charge in [0, 0.05) is 43.0 Å². The molecule has 5 rings (SSSR count). The number of aromatic nitrogens is 4. The van der Waals surface area contributed by atoms with Gasteiger partial charge in [-0.3, -0.25) is 4.79 Å². The lowest BCUT2D eigenvalue weighted by Crippen LogP contribution is -2.34. The van der Waals surface area contributed by atoms with Crippen molar-refractivity contribution in [2.75, 3.05) is 33.2 Å². The van der Waals surface area contributed by atoms with E-state index in [9.17, 15) is 9.18 Å². The van der Waals surface area contributed by atoms with Crippen molar-refractivity contribution in [3.05, 3.63) is 60.3 Å². The second kappa shape index (κ2) is 7.24. The predicted molar refractivity (Wildman–Crippen MR) is 105 cm³/mol. The maximum atomic E-state index is 13.2. The number of carbonyl (C=O) groups is 1. The molecule has 1 amide bonds. The summed E-state index contributed by atoms with van der Waals surface area (Å²) >= 11 is 0. The van der Waals surface area contributed by atoms with Crippen molar-refractivity contribution < 1.29 is 13.7 Å². The molecule has 0 N–H and O–H groups in total. The lowest BCUT2D eigenvalue weighted by atomic mass is 9.77. The third-order valence-electron chi connectivity index (χ3n) is 6.16. The average molecular weight is 408 g/mol. The van der Waals surface area contributed by atoms with Gasteiger partial charge in [0.2, 0.25) is 11.7 Å². The lowest BCUT2D eigenvalue weighted by molar-refractivity contribution is 0.0773. The first-order valence-electron chi connectivity index (χ1n) is 9.86. The first-order valence-corrected chi connectivity index (χ1v) is 9.86. The van der Waals surface area contributed by atoms with E-state index >= 15 is 0 Å². The summed E-state index contributed by atoms with van der Waals surface area (Å²) in [6.45, 7) is 2.91. The van der Waals surface area contributed by atoms with Crippen molar-refractivity contribution >= 4 is 5.91 Å². The summed E-state index contributed by atoms with van der Waals surface area (Å²) in [4.78, 5) is 29.7. The highest BCUT2D eigenvalue weighted by Gasteiger charge is 2.53. The minimum absolute atomic E-state index is 0.0715. The normalized spacial score (nSPS) is 24.1. The molecular weight excluding hydrogens is 387 g/mol. The third-order valence-corrected chi connectivity index (χ3v) is 6.16. The van der Waals surface area contributed by atoms with Gasteiger partial charge < -0.3 is 14.3 Å². The zero-order valence-corrected chi connectivity index (χ0v) is 16.5. The number of nitrogens with zero attached hydrogens (tertiary/aromatic N) is 6. The quantitative estimate of drug-likeness (QED) is 0.657. The van der Waals surface area contributed by atoms with Crippen molar-refractivity contribution in [2.24, 2.45) is 5.41 Å². The molecular formula is C21H21FN6O2. The summed E-state index contributed by atoms with van der Waals surface area (Å²) in [5, 5.41) is 4.12. The van der Waals surface area contributed by atoms with Crippen LogP contribution in [0.2, 0.25) is 0 Å². The number of hydrogen-bond acceptors (Lipinski definition) is 7. The van der Waals surface area contributed by atoms with Crippen LogP contribution in [-0.2, 0) is 0 Å². The molecule has 2 aliphatic rings. The topological polar surface area (TPSA) is 88.2 Å². The van der Waals surface area contributed by atoms with Gasteiger partial charge in [-0.15, -0.1) is 0 Å². The summed E-state index contributed by atoms with van der Waals surface area (Å²) in [6.07, 6.45) is 5.43. The molecule has 2 aromatic heterocycles. The van der Waals surface area contributed by atoms with E-state index < -0.39 is 0 Å². The van der Waals surface area contributed by atoms with Crippen LogP contribution >= 0.6 is 0 Å². The fraction of sp³-hybridized carbons (Fsp3) is 0.381. The number of amides is 1. The summed E-state index contributed by atoms with van der Waals surface area (Å²) in [5.41, 5.74) is 1.01. The summed E-state index contributed by atoms with van der Waals surface area (Å²) < 4.78 is 18.9. The van der Waals surface area contributed by atoms with E-state index in [2.05, 4.69) is 32.1 Å². The molecule has 0 aliphatic carbocycles. The van der Waals surface area contributed by atoms with Crippen molar-refractivity contribution in [2.45, 2.75) is 12.3 Å². The molecule has 2 atom stereocenters. The second-order valence-corrected chi connectivity index (χ2v) is 8.18. The van der Waals surface area contributed by atoms with Gasteiger partial charge in [-0.1, -0.05) is 5.16 Å². The van der Waals surface area contributed by atoms with Crippen molar-refractivity contribution in [3.63, 3.8) is 0 Å². The van der Waals surface area contributed by atoms with Gasteiger partial charge in [-0.05, 0) is 44.3 Å². The molecule has 0 bridgehead atoms. The lowest BCUT2D eigenvalue weighted by Gasteiger charge is -2.27. The van der Waals surface area contributed by atoms with E-state index in [0.29, 0.717) is 35.9 Å². The monoisotopic (exact) mass is 408 g/mol. The van der Waals surface area contributed by atoms with Crippen molar-refractivity contribution in [3.8, 4) is 11.4 Å². The van der Waals surface area contributed by atoms with Crippen LogP contribution in [0.15, 0.2) is 47.5 Å². The maximum Gasteiger partial charge on any atom is 0.257 e. The Kier molecular flexibility index (Phi) is 4.54. The summed E-state index contributed by atoms with van der Waals surface area (Å²) in [6, 6.07) is 6.00. The molecule has 1 aromatic carbocycles. The number of likely N-dealkylation sites (tertiary alicyclic amines) is 2. The molecule has 9 heteroatoms. The van der Waals surface area contributed by atoms with Gasteiger partial charge in [0.15, 0.2) is 0 Å². The molecule has 4 heterocycles. The first-order chi connectivity index (χ1) is 14.5. The molecule has 2 fully saturated rings. The number of benzene rings is 1. The van der Waals surface area contributed by atoms with Gasteiger partial charge in [-0.2, -0.15) is 4.98 Å². The van der Waals surface area contributed by atoms with E-state index in [1.165, 1.54) is 30.9 Å². The Labute approximate surface area is 172 Å².